The summed E-state index contributed by atoms with van der Waals surface area (Å²) in [6.07, 6.45) is 0.948. The van der Waals surface area contributed by atoms with E-state index >= 15 is 0 Å². The molecule has 6 nitrogen and oxygen atoms in total. The Bertz CT molecular complexity index is 622. The van der Waals surface area contributed by atoms with E-state index in [-0.39, 0.29) is 41.8 Å². The third-order valence-corrected chi connectivity index (χ3v) is 4.50. The van der Waals surface area contributed by atoms with Crippen molar-refractivity contribution in [3.8, 4) is 0 Å². The Morgan fingerprint density at radius 3 is 2.67 bits per heavy atom. The van der Waals surface area contributed by atoms with Gasteiger partial charge < -0.3 is 20.3 Å². The Morgan fingerprint density at radius 2 is 2.04 bits per heavy atom. The third kappa shape index (κ3) is 7.29. The van der Waals surface area contributed by atoms with E-state index in [2.05, 4.69) is 29.7 Å². The van der Waals surface area contributed by atoms with Crippen molar-refractivity contribution in [1.29, 1.82) is 0 Å². The second-order valence-electron chi connectivity index (χ2n) is 6.97. The summed E-state index contributed by atoms with van der Waals surface area (Å²) in [7, 11) is 1.70. The summed E-state index contributed by atoms with van der Waals surface area (Å²) in [6, 6.07) is 8.44. The van der Waals surface area contributed by atoms with Crippen molar-refractivity contribution in [3.05, 3.63) is 35.4 Å². The predicted molar refractivity (Wildman–Crippen MR) is 120 cm³/mol. The Labute approximate surface area is 180 Å². The van der Waals surface area contributed by atoms with Crippen molar-refractivity contribution in [2.75, 3.05) is 26.7 Å². The number of amides is 1. The van der Waals surface area contributed by atoms with E-state index in [4.69, 9.17) is 9.73 Å². The first-order chi connectivity index (χ1) is 12.5. The number of methoxy groups -OCH3 is 1. The molecule has 1 heterocycles. The van der Waals surface area contributed by atoms with Gasteiger partial charge in [-0.15, -0.1) is 24.0 Å². The molecule has 0 radical (unpaired) electrons. The van der Waals surface area contributed by atoms with Crippen molar-refractivity contribution >= 4 is 35.8 Å². The highest BCUT2D eigenvalue weighted by molar-refractivity contribution is 14.0. The first kappa shape index (κ1) is 23.7. The molecule has 0 aromatic heterocycles. The number of benzene rings is 1. The van der Waals surface area contributed by atoms with Crippen LogP contribution in [0.25, 0.3) is 0 Å². The van der Waals surface area contributed by atoms with Gasteiger partial charge in [0.05, 0.1) is 13.2 Å². The molecule has 1 unspecified atom stereocenters. The number of likely N-dealkylation sites (tertiary alicyclic amines) is 1. The van der Waals surface area contributed by atoms with Gasteiger partial charge in [-0.1, -0.05) is 38.1 Å². The van der Waals surface area contributed by atoms with Crippen LogP contribution in [-0.4, -0.2) is 49.6 Å². The van der Waals surface area contributed by atoms with Crippen molar-refractivity contribution in [2.45, 2.75) is 46.4 Å². The molecule has 1 aromatic carbocycles. The number of carbonyl (C=O) groups is 1. The fraction of sp³-hybridized carbons (Fsp3) is 0.600. The number of nitrogens with one attached hydrogen (secondary N) is 2. The largest absolute Gasteiger partial charge is 0.380 e. The average Bonchev–Trinajstić information content (AvgIpc) is 3.09. The lowest BCUT2D eigenvalue weighted by Gasteiger charge is -2.20. The maximum absolute atomic E-state index is 12.2. The summed E-state index contributed by atoms with van der Waals surface area (Å²) in [5, 5.41) is 6.78. The summed E-state index contributed by atoms with van der Waals surface area (Å²) >= 11 is 0. The molecule has 1 fully saturated rings. The van der Waals surface area contributed by atoms with Crippen LogP contribution in [-0.2, 0) is 22.7 Å². The number of hydrogen-bond acceptors (Lipinski definition) is 3. The standard InChI is InChI=1S/C20H32N4O2.HI/c1-5-21-20(22-12-16-8-6-7-9-17(16)14-26-4)23-18-10-11-24(13-18)19(25)15(2)3;/h6-9,15,18H,5,10-14H2,1-4H3,(H2,21,22,23);1H. The minimum absolute atomic E-state index is 0. The van der Waals surface area contributed by atoms with Crippen LogP contribution in [0.4, 0.5) is 0 Å². The van der Waals surface area contributed by atoms with Crippen LogP contribution in [0.5, 0.6) is 0 Å². The normalized spacial score (nSPS) is 17.0. The molecule has 0 spiro atoms. The molecule has 27 heavy (non-hydrogen) atoms. The van der Waals surface area contributed by atoms with E-state index in [1.54, 1.807) is 7.11 Å². The maximum atomic E-state index is 12.2. The number of hydrogen-bond donors (Lipinski definition) is 2. The zero-order valence-corrected chi connectivity index (χ0v) is 19.2. The number of guanidine groups is 1. The van der Waals surface area contributed by atoms with Gasteiger partial charge in [0.2, 0.25) is 5.91 Å². The van der Waals surface area contributed by atoms with E-state index in [0.29, 0.717) is 13.2 Å². The lowest BCUT2D eigenvalue weighted by atomic mass is 10.1. The number of carbonyl (C=O) groups excluding carboxylic acids is 1. The molecule has 1 aliphatic rings. The highest BCUT2D eigenvalue weighted by atomic mass is 127. The van der Waals surface area contributed by atoms with Crippen molar-refractivity contribution in [2.24, 2.45) is 10.9 Å². The zero-order valence-electron chi connectivity index (χ0n) is 16.8. The van der Waals surface area contributed by atoms with Gasteiger partial charge in [0.1, 0.15) is 0 Å². The smallest absolute Gasteiger partial charge is 0.225 e. The van der Waals surface area contributed by atoms with Crippen LogP contribution in [0.1, 0.15) is 38.3 Å². The minimum Gasteiger partial charge on any atom is -0.380 e. The van der Waals surface area contributed by atoms with Gasteiger partial charge in [-0.3, -0.25) is 4.79 Å². The summed E-state index contributed by atoms with van der Waals surface area (Å²) < 4.78 is 5.27. The van der Waals surface area contributed by atoms with Crippen LogP contribution < -0.4 is 10.6 Å². The van der Waals surface area contributed by atoms with Crippen LogP contribution >= 0.6 is 24.0 Å². The van der Waals surface area contributed by atoms with E-state index in [1.165, 1.54) is 0 Å². The average molecular weight is 488 g/mol. The highest BCUT2D eigenvalue weighted by Gasteiger charge is 2.27. The molecule has 2 N–H and O–H groups in total. The van der Waals surface area contributed by atoms with Crippen LogP contribution in [0, 0.1) is 5.92 Å². The Morgan fingerprint density at radius 1 is 1.33 bits per heavy atom. The van der Waals surface area contributed by atoms with Crippen LogP contribution in [0.2, 0.25) is 0 Å². The van der Waals surface area contributed by atoms with Gasteiger partial charge in [-0.25, -0.2) is 4.99 Å². The monoisotopic (exact) mass is 488 g/mol. The SMILES string of the molecule is CCNC(=NCc1ccccc1COC)NC1CCN(C(=O)C(C)C)C1.I. The maximum Gasteiger partial charge on any atom is 0.225 e. The van der Waals surface area contributed by atoms with Gasteiger partial charge in [0.25, 0.3) is 0 Å². The fourth-order valence-electron chi connectivity index (χ4n) is 3.13. The minimum atomic E-state index is 0. The molecule has 1 aromatic rings. The molecule has 1 saturated heterocycles. The molecular weight excluding hydrogens is 455 g/mol. The van der Waals surface area contributed by atoms with Gasteiger partial charge in [-0.05, 0) is 24.5 Å². The molecule has 0 bridgehead atoms. The Kier molecular flexibility index (Phi) is 10.7. The molecule has 0 saturated carbocycles. The van der Waals surface area contributed by atoms with Gasteiger partial charge in [0, 0.05) is 38.7 Å². The van der Waals surface area contributed by atoms with Crippen molar-refractivity contribution in [3.63, 3.8) is 0 Å². The van der Waals surface area contributed by atoms with Gasteiger partial charge in [0.15, 0.2) is 5.96 Å². The number of halogens is 1. The number of rotatable bonds is 7. The molecule has 1 aliphatic heterocycles. The third-order valence-electron chi connectivity index (χ3n) is 4.50. The molecular formula is C20H33IN4O2. The van der Waals surface area contributed by atoms with Crippen molar-refractivity contribution < 1.29 is 9.53 Å². The number of ether oxygens (including phenoxy) is 1. The zero-order chi connectivity index (χ0) is 18.9. The highest BCUT2D eigenvalue weighted by Crippen LogP contribution is 2.14. The molecule has 152 valence electrons. The summed E-state index contributed by atoms with van der Waals surface area (Å²) in [6.45, 7) is 9.48. The Balaban J connectivity index is 0.00000364. The second-order valence-corrected chi connectivity index (χ2v) is 6.97. The van der Waals surface area contributed by atoms with Crippen molar-refractivity contribution in [1.82, 2.24) is 15.5 Å². The Hall–Kier alpha value is -1.35. The summed E-state index contributed by atoms with van der Waals surface area (Å²) in [5.74, 6) is 1.07. The lowest BCUT2D eigenvalue weighted by Crippen LogP contribution is -2.45. The molecule has 2 rings (SSSR count). The van der Waals surface area contributed by atoms with E-state index in [0.717, 1.165) is 43.1 Å². The number of aliphatic imine (C=N–C) groups is 1. The first-order valence-electron chi connectivity index (χ1n) is 9.44. The molecule has 0 aliphatic carbocycles. The van der Waals surface area contributed by atoms with E-state index in [9.17, 15) is 4.79 Å². The molecule has 1 atom stereocenters. The second kappa shape index (κ2) is 12.2. The quantitative estimate of drug-likeness (QED) is 0.352. The van der Waals surface area contributed by atoms with Crippen LogP contribution in [0.15, 0.2) is 29.3 Å². The first-order valence-corrected chi connectivity index (χ1v) is 9.44. The van der Waals surface area contributed by atoms with E-state index < -0.39 is 0 Å². The summed E-state index contributed by atoms with van der Waals surface area (Å²) in [4.78, 5) is 18.8. The fourth-order valence-corrected chi connectivity index (χ4v) is 3.13. The summed E-state index contributed by atoms with van der Waals surface area (Å²) in [5.41, 5.74) is 2.32. The molecule has 1 amide bonds. The predicted octanol–water partition coefficient (Wildman–Crippen LogP) is 2.76. The van der Waals surface area contributed by atoms with Gasteiger partial charge >= 0.3 is 0 Å². The molecule has 7 heteroatoms. The lowest BCUT2D eigenvalue weighted by molar-refractivity contribution is -0.133. The van der Waals surface area contributed by atoms with Crippen LogP contribution in [0.3, 0.4) is 0 Å². The topological polar surface area (TPSA) is 66.0 Å². The van der Waals surface area contributed by atoms with E-state index in [1.807, 2.05) is 30.9 Å². The van der Waals surface area contributed by atoms with Gasteiger partial charge in [-0.2, -0.15) is 0 Å². The number of nitrogens with zero attached hydrogens (tertiary/aromatic N) is 2.